The number of benzene rings is 2. The molecule has 0 unspecified atom stereocenters. The highest BCUT2D eigenvalue weighted by Gasteiger charge is 2.14. The first-order chi connectivity index (χ1) is 11.3. The lowest BCUT2D eigenvalue weighted by Crippen LogP contribution is -2.09. The Labute approximate surface area is 133 Å². The number of aldehydes is 1. The summed E-state index contributed by atoms with van der Waals surface area (Å²) in [6.07, 6.45) is 2.37. The molecule has 0 saturated heterocycles. The van der Waals surface area contributed by atoms with Crippen LogP contribution in [-0.2, 0) is 0 Å². The van der Waals surface area contributed by atoms with Crippen LogP contribution >= 0.6 is 0 Å². The zero-order valence-electron chi connectivity index (χ0n) is 12.2. The number of esters is 1. The number of aromatic nitrogens is 1. The van der Waals surface area contributed by atoms with Crippen molar-refractivity contribution in [3.63, 3.8) is 0 Å². The number of carbonyl (C=O) groups excluding carboxylic acids is 2. The monoisotopic (exact) mass is 303 g/mol. The summed E-state index contributed by atoms with van der Waals surface area (Å²) >= 11 is 0. The molecule has 2 aromatic carbocycles. The molecule has 0 atom stereocenters. The molecular weight excluding hydrogens is 290 g/mol. The van der Waals surface area contributed by atoms with Crippen molar-refractivity contribution < 1.29 is 14.3 Å². The second-order valence-corrected chi connectivity index (χ2v) is 4.84. The average Bonchev–Trinajstić information content (AvgIpc) is 2.63. The molecule has 0 fully saturated rings. The third kappa shape index (κ3) is 3.32. The number of pyridine rings is 1. The van der Waals surface area contributed by atoms with Crippen molar-refractivity contribution in [3.8, 4) is 17.0 Å². The van der Waals surface area contributed by atoms with Crippen LogP contribution in [0.5, 0.6) is 5.75 Å². The highest BCUT2D eigenvalue weighted by molar-refractivity contribution is 5.92. The van der Waals surface area contributed by atoms with Crippen molar-refractivity contribution in [1.82, 2.24) is 4.98 Å². The Hall–Kier alpha value is -3.27. The molecule has 4 heteroatoms. The van der Waals surface area contributed by atoms with Gasteiger partial charge in [-0.2, -0.15) is 0 Å². The number of carbonyl (C=O) groups is 2. The highest BCUT2D eigenvalue weighted by Crippen LogP contribution is 2.30. The van der Waals surface area contributed by atoms with Crippen molar-refractivity contribution >= 4 is 12.3 Å². The predicted molar refractivity (Wildman–Crippen MR) is 86.5 cm³/mol. The van der Waals surface area contributed by atoms with E-state index in [-0.39, 0.29) is 0 Å². The van der Waals surface area contributed by atoms with Crippen molar-refractivity contribution in [1.29, 1.82) is 0 Å². The first-order valence-corrected chi connectivity index (χ1v) is 7.06. The van der Waals surface area contributed by atoms with Crippen LogP contribution in [0, 0.1) is 0 Å². The van der Waals surface area contributed by atoms with E-state index in [1.807, 2.05) is 18.2 Å². The first-order valence-electron chi connectivity index (χ1n) is 7.06. The minimum Gasteiger partial charge on any atom is -0.422 e. The zero-order valence-corrected chi connectivity index (χ0v) is 12.2. The minimum atomic E-state index is -0.481. The Bertz CT molecular complexity index is 830. The van der Waals surface area contributed by atoms with Gasteiger partial charge in [-0.1, -0.05) is 30.3 Å². The van der Waals surface area contributed by atoms with E-state index in [0.29, 0.717) is 34.4 Å². The summed E-state index contributed by atoms with van der Waals surface area (Å²) < 4.78 is 5.49. The Morgan fingerprint density at radius 1 is 0.957 bits per heavy atom. The molecule has 0 spiro atoms. The lowest BCUT2D eigenvalue weighted by atomic mass is 10.1. The van der Waals surface area contributed by atoms with Crippen molar-refractivity contribution in [3.05, 3.63) is 84.1 Å². The molecule has 3 aromatic rings. The van der Waals surface area contributed by atoms with Crippen LogP contribution < -0.4 is 4.74 Å². The number of ether oxygens (including phenoxy) is 1. The zero-order chi connectivity index (χ0) is 16.1. The minimum absolute atomic E-state index is 0.308. The van der Waals surface area contributed by atoms with Gasteiger partial charge < -0.3 is 4.74 Å². The molecule has 0 N–H and O–H groups in total. The number of hydrogen-bond donors (Lipinski definition) is 0. The van der Waals surface area contributed by atoms with E-state index in [1.165, 1.54) is 6.07 Å². The fourth-order valence-corrected chi connectivity index (χ4v) is 2.16. The molecule has 0 saturated carbocycles. The molecule has 0 bridgehead atoms. The summed E-state index contributed by atoms with van der Waals surface area (Å²) in [4.78, 5) is 27.5. The van der Waals surface area contributed by atoms with Crippen LogP contribution in [0.4, 0.5) is 0 Å². The van der Waals surface area contributed by atoms with Gasteiger partial charge in [0.2, 0.25) is 0 Å². The summed E-state index contributed by atoms with van der Waals surface area (Å²) in [6, 6.07) is 19.1. The first kappa shape index (κ1) is 14.7. The molecular formula is C19H13NO3. The van der Waals surface area contributed by atoms with Gasteiger partial charge in [-0.15, -0.1) is 0 Å². The van der Waals surface area contributed by atoms with Gasteiger partial charge in [0.1, 0.15) is 12.0 Å². The average molecular weight is 303 g/mol. The lowest BCUT2D eigenvalue weighted by Gasteiger charge is -2.10. The molecule has 1 aromatic heterocycles. The van der Waals surface area contributed by atoms with E-state index >= 15 is 0 Å². The van der Waals surface area contributed by atoms with Crippen LogP contribution in [0.3, 0.4) is 0 Å². The normalized spacial score (nSPS) is 10.1. The van der Waals surface area contributed by atoms with Crippen molar-refractivity contribution in [2.75, 3.05) is 0 Å². The van der Waals surface area contributed by atoms with Crippen LogP contribution in [0.15, 0.2) is 72.9 Å². The van der Waals surface area contributed by atoms with Gasteiger partial charge >= 0.3 is 5.97 Å². The van der Waals surface area contributed by atoms with E-state index in [9.17, 15) is 9.59 Å². The van der Waals surface area contributed by atoms with Crippen LogP contribution in [-0.4, -0.2) is 17.2 Å². The Balaban J connectivity index is 2.00. The molecule has 0 aliphatic rings. The molecule has 0 amide bonds. The van der Waals surface area contributed by atoms with Gasteiger partial charge in [-0.25, -0.2) is 4.79 Å². The maximum Gasteiger partial charge on any atom is 0.343 e. The molecule has 3 rings (SSSR count). The van der Waals surface area contributed by atoms with Gasteiger partial charge in [0.25, 0.3) is 0 Å². The highest BCUT2D eigenvalue weighted by atomic mass is 16.5. The quantitative estimate of drug-likeness (QED) is 0.418. The van der Waals surface area contributed by atoms with E-state index in [0.717, 1.165) is 0 Å². The summed E-state index contributed by atoms with van der Waals surface area (Å²) in [5, 5.41) is 0. The van der Waals surface area contributed by atoms with Crippen molar-refractivity contribution in [2.24, 2.45) is 0 Å². The third-order valence-electron chi connectivity index (χ3n) is 3.29. The lowest BCUT2D eigenvalue weighted by molar-refractivity contribution is 0.0735. The SMILES string of the molecule is O=Cc1ccc(-c2ccccn2)c(OC(=O)c2ccccc2)c1. The molecule has 0 aliphatic heterocycles. The second-order valence-electron chi connectivity index (χ2n) is 4.84. The smallest absolute Gasteiger partial charge is 0.343 e. The van der Waals surface area contributed by atoms with E-state index in [2.05, 4.69) is 4.98 Å². The maximum absolute atomic E-state index is 12.3. The Morgan fingerprint density at radius 2 is 1.74 bits per heavy atom. The summed E-state index contributed by atoms with van der Waals surface area (Å²) in [6.45, 7) is 0. The van der Waals surface area contributed by atoms with Gasteiger partial charge in [0.05, 0.1) is 11.3 Å². The second kappa shape index (κ2) is 6.66. The van der Waals surface area contributed by atoms with Gasteiger partial charge in [-0.3, -0.25) is 9.78 Å². The van der Waals surface area contributed by atoms with Crippen LogP contribution in [0.25, 0.3) is 11.3 Å². The van der Waals surface area contributed by atoms with Crippen molar-refractivity contribution in [2.45, 2.75) is 0 Å². The van der Waals surface area contributed by atoms with Crippen LogP contribution in [0.1, 0.15) is 20.7 Å². The number of rotatable bonds is 4. The molecule has 1 heterocycles. The molecule has 4 nitrogen and oxygen atoms in total. The third-order valence-corrected chi connectivity index (χ3v) is 3.29. The van der Waals surface area contributed by atoms with Gasteiger partial charge in [-0.05, 0) is 36.4 Å². The topological polar surface area (TPSA) is 56.3 Å². The summed E-state index contributed by atoms with van der Waals surface area (Å²) in [5.74, 6) is -0.173. The Kier molecular flexibility index (Phi) is 4.25. The number of hydrogen-bond acceptors (Lipinski definition) is 4. The summed E-state index contributed by atoms with van der Waals surface area (Å²) in [7, 11) is 0. The standard InChI is InChI=1S/C19H13NO3/c21-13-14-9-10-16(17-8-4-5-11-20-17)18(12-14)23-19(22)15-6-2-1-3-7-15/h1-13H. The Morgan fingerprint density at radius 3 is 2.43 bits per heavy atom. The molecule has 23 heavy (non-hydrogen) atoms. The fraction of sp³-hybridized carbons (Fsp3) is 0. The van der Waals surface area contributed by atoms with Gasteiger partial charge in [0, 0.05) is 17.3 Å². The summed E-state index contributed by atoms with van der Waals surface area (Å²) in [5.41, 5.74) is 2.19. The van der Waals surface area contributed by atoms with Crippen LogP contribution in [0.2, 0.25) is 0 Å². The van der Waals surface area contributed by atoms with E-state index < -0.39 is 5.97 Å². The van der Waals surface area contributed by atoms with E-state index in [1.54, 1.807) is 48.7 Å². The fourth-order valence-electron chi connectivity index (χ4n) is 2.16. The molecule has 0 radical (unpaired) electrons. The van der Waals surface area contributed by atoms with E-state index in [4.69, 9.17) is 4.74 Å². The molecule has 112 valence electrons. The molecule has 0 aliphatic carbocycles. The largest absolute Gasteiger partial charge is 0.422 e. The van der Waals surface area contributed by atoms with Gasteiger partial charge in [0.15, 0.2) is 0 Å². The maximum atomic E-state index is 12.3. The predicted octanol–water partition coefficient (Wildman–Crippen LogP) is 3.78. The number of nitrogens with zero attached hydrogens (tertiary/aromatic N) is 1.